The van der Waals surface area contributed by atoms with Crippen LogP contribution in [0, 0.1) is 0 Å². The summed E-state index contributed by atoms with van der Waals surface area (Å²) < 4.78 is 28.0. The third-order valence-corrected chi connectivity index (χ3v) is 4.75. The number of hydrogen-bond donors (Lipinski definition) is 3. The van der Waals surface area contributed by atoms with Crippen molar-refractivity contribution in [3.63, 3.8) is 0 Å². The summed E-state index contributed by atoms with van der Waals surface area (Å²) in [7, 11) is -3.99. The summed E-state index contributed by atoms with van der Waals surface area (Å²) in [6.45, 7) is 0. The van der Waals surface area contributed by atoms with E-state index in [0.29, 0.717) is 10.7 Å². The molecule has 3 rings (SSSR count). The number of sulfonamides is 1. The number of anilines is 2. The van der Waals surface area contributed by atoms with Gasteiger partial charge in [-0.2, -0.15) is 8.42 Å². The second-order valence-electron chi connectivity index (χ2n) is 4.44. The number of nitrogens with zero attached hydrogens (tertiary/aromatic N) is 1. The second kappa shape index (κ2) is 5.35. The van der Waals surface area contributed by atoms with Crippen molar-refractivity contribution in [2.45, 2.75) is 4.90 Å². The predicted molar refractivity (Wildman–Crippen MR) is 86.4 cm³/mol. The van der Waals surface area contributed by atoms with Gasteiger partial charge in [-0.1, -0.05) is 35.3 Å². The average molecular weight is 358 g/mol. The highest BCUT2D eigenvalue weighted by Gasteiger charge is 2.28. The molecular formula is C13H9Cl2N3O3S. The van der Waals surface area contributed by atoms with Crippen LogP contribution in [-0.4, -0.2) is 19.5 Å². The first-order valence-corrected chi connectivity index (χ1v) is 8.22. The van der Waals surface area contributed by atoms with E-state index < -0.39 is 10.0 Å². The first-order valence-electron chi connectivity index (χ1n) is 6.03. The molecule has 1 aliphatic rings. The Labute approximate surface area is 136 Å². The maximum absolute atomic E-state index is 12.2. The molecule has 1 heterocycles. The van der Waals surface area contributed by atoms with Crippen molar-refractivity contribution in [3.8, 4) is 5.75 Å². The lowest BCUT2D eigenvalue weighted by atomic mass is 10.3. The number of halogens is 2. The van der Waals surface area contributed by atoms with Crippen LogP contribution in [0.25, 0.3) is 0 Å². The fraction of sp³-hybridized carbons (Fsp3) is 0. The maximum atomic E-state index is 12.2. The Kier molecular flexibility index (Phi) is 3.64. The van der Waals surface area contributed by atoms with Crippen LogP contribution >= 0.6 is 23.2 Å². The number of rotatable bonds is 1. The van der Waals surface area contributed by atoms with Crippen LogP contribution in [0.4, 0.5) is 11.4 Å². The summed E-state index contributed by atoms with van der Waals surface area (Å²) in [6.07, 6.45) is 0. The lowest BCUT2D eigenvalue weighted by molar-refractivity contribution is 0.476. The summed E-state index contributed by atoms with van der Waals surface area (Å²) >= 11 is 11.8. The van der Waals surface area contributed by atoms with E-state index in [1.807, 2.05) is 0 Å². The molecule has 0 aliphatic carbocycles. The van der Waals surface area contributed by atoms with Crippen LogP contribution in [0.2, 0.25) is 10.0 Å². The molecule has 0 bridgehead atoms. The van der Waals surface area contributed by atoms with E-state index in [2.05, 4.69) is 15.0 Å². The molecule has 0 unspecified atom stereocenters. The normalized spacial score (nSPS) is 15.5. The lowest BCUT2D eigenvalue weighted by Crippen LogP contribution is -2.28. The fourth-order valence-corrected chi connectivity index (χ4v) is 3.53. The van der Waals surface area contributed by atoms with Crippen molar-refractivity contribution in [2.75, 3.05) is 10.6 Å². The summed E-state index contributed by atoms with van der Waals surface area (Å²) in [5.41, 5.74) is 0.483. The van der Waals surface area contributed by atoms with Crippen molar-refractivity contribution >= 4 is 50.6 Å². The summed E-state index contributed by atoms with van der Waals surface area (Å²) in [5.74, 6) is -0.363. The highest BCUT2D eigenvalue weighted by Crippen LogP contribution is 2.37. The summed E-state index contributed by atoms with van der Waals surface area (Å²) in [4.78, 5) is -0.192. The molecule has 2 aromatic rings. The van der Waals surface area contributed by atoms with Gasteiger partial charge in [0, 0.05) is 11.1 Å². The second-order valence-corrected chi connectivity index (χ2v) is 6.86. The number of nitrogens with one attached hydrogen (secondary N) is 2. The van der Waals surface area contributed by atoms with Gasteiger partial charge in [0.05, 0.1) is 10.7 Å². The Morgan fingerprint density at radius 2 is 1.91 bits per heavy atom. The third-order valence-electron chi connectivity index (χ3n) is 2.91. The Bertz CT molecular complexity index is 897. The summed E-state index contributed by atoms with van der Waals surface area (Å²) in [5, 5.41) is 15.9. The molecule has 6 nitrogen and oxygen atoms in total. The molecule has 114 valence electrons. The van der Waals surface area contributed by atoms with Gasteiger partial charge < -0.3 is 15.7 Å². The molecule has 0 saturated carbocycles. The minimum atomic E-state index is -3.99. The first kappa shape index (κ1) is 15.0. The zero-order valence-electron chi connectivity index (χ0n) is 10.8. The van der Waals surface area contributed by atoms with Crippen LogP contribution in [0.15, 0.2) is 45.7 Å². The van der Waals surface area contributed by atoms with Gasteiger partial charge in [0.2, 0.25) is 5.96 Å². The maximum Gasteiger partial charge on any atom is 0.287 e. The number of phenols is 1. The quantitative estimate of drug-likeness (QED) is 0.681. The lowest BCUT2D eigenvalue weighted by Gasteiger charge is -2.20. The van der Waals surface area contributed by atoms with Gasteiger partial charge in [-0.3, -0.25) is 0 Å². The molecule has 0 fully saturated rings. The molecule has 9 heteroatoms. The Morgan fingerprint density at radius 3 is 2.64 bits per heavy atom. The topological polar surface area (TPSA) is 90.8 Å². The van der Waals surface area contributed by atoms with E-state index in [9.17, 15) is 13.5 Å². The largest absolute Gasteiger partial charge is 0.506 e. The van der Waals surface area contributed by atoms with E-state index in [1.54, 1.807) is 24.3 Å². The molecule has 22 heavy (non-hydrogen) atoms. The summed E-state index contributed by atoms with van der Waals surface area (Å²) in [6, 6.07) is 9.24. The van der Waals surface area contributed by atoms with Crippen LogP contribution < -0.4 is 10.6 Å². The zero-order chi connectivity index (χ0) is 15.9. The molecule has 0 aromatic heterocycles. The van der Waals surface area contributed by atoms with Crippen molar-refractivity contribution < 1.29 is 13.5 Å². The molecule has 2 aromatic carbocycles. The SMILES string of the molecule is O=S1(=O)N=C(Nc2ccccc2Cl)Nc2c(O)cc(Cl)cc21. The van der Waals surface area contributed by atoms with Gasteiger partial charge in [0.25, 0.3) is 10.0 Å². The van der Waals surface area contributed by atoms with E-state index >= 15 is 0 Å². The highest BCUT2D eigenvalue weighted by molar-refractivity contribution is 7.90. The van der Waals surface area contributed by atoms with Crippen LogP contribution in [-0.2, 0) is 10.0 Å². The third kappa shape index (κ3) is 2.70. The van der Waals surface area contributed by atoms with Gasteiger partial charge >= 0.3 is 0 Å². The molecule has 0 radical (unpaired) electrons. The minimum absolute atomic E-state index is 0.00829. The van der Waals surface area contributed by atoms with Crippen molar-refractivity contribution in [1.29, 1.82) is 0 Å². The Balaban J connectivity index is 2.04. The van der Waals surface area contributed by atoms with E-state index in [-0.39, 0.29) is 27.3 Å². The molecule has 0 atom stereocenters. The molecule has 1 aliphatic heterocycles. The van der Waals surface area contributed by atoms with E-state index in [4.69, 9.17) is 23.2 Å². The standard InChI is InChI=1S/C13H9Cl2N3O3S/c14-7-5-10(19)12-11(6-7)22(20,21)18-13(17-12)16-9-4-2-1-3-8(9)15/h1-6,19H,(H2,16,17,18). The van der Waals surface area contributed by atoms with E-state index in [0.717, 1.165) is 0 Å². The van der Waals surface area contributed by atoms with Crippen molar-refractivity contribution in [2.24, 2.45) is 4.40 Å². The molecular weight excluding hydrogens is 349 g/mol. The van der Waals surface area contributed by atoms with E-state index in [1.165, 1.54) is 12.1 Å². The van der Waals surface area contributed by atoms with Gasteiger partial charge in [0.1, 0.15) is 16.3 Å². The first-order chi connectivity index (χ1) is 10.4. The number of aromatic hydroxyl groups is 1. The molecule has 3 N–H and O–H groups in total. The number of guanidine groups is 1. The zero-order valence-corrected chi connectivity index (χ0v) is 13.2. The number of hydrogen-bond acceptors (Lipinski definition) is 5. The Hall–Kier alpha value is -1.96. The van der Waals surface area contributed by atoms with Gasteiger partial charge in [-0.15, -0.1) is 4.40 Å². The molecule has 0 amide bonds. The predicted octanol–water partition coefficient (Wildman–Crippen LogP) is 3.28. The minimum Gasteiger partial charge on any atom is -0.506 e. The number of phenolic OH excluding ortho intramolecular Hbond substituents is 1. The van der Waals surface area contributed by atoms with Crippen LogP contribution in [0.1, 0.15) is 0 Å². The molecule has 0 spiro atoms. The highest BCUT2D eigenvalue weighted by atomic mass is 35.5. The fourth-order valence-electron chi connectivity index (χ4n) is 1.95. The monoisotopic (exact) mass is 357 g/mol. The Morgan fingerprint density at radius 1 is 1.18 bits per heavy atom. The van der Waals surface area contributed by atoms with Crippen molar-refractivity contribution in [3.05, 3.63) is 46.4 Å². The average Bonchev–Trinajstić information content (AvgIpc) is 2.42. The number of para-hydroxylation sites is 1. The smallest absolute Gasteiger partial charge is 0.287 e. The van der Waals surface area contributed by atoms with Gasteiger partial charge in [-0.05, 0) is 18.2 Å². The van der Waals surface area contributed by atoms with Gasteiger partial charge in [0.15, 0.2) is 0 Å². The molecule has 0 saturated heterocycles. The van der Waals surface area contributed by atoms with Gasteiger partial charge in [-0.25, -0.2) is 0 Å². The van der Waals surface area contributed by atoms with Crippen LogP contribution in [0.5, 0.6) is 5.75 Å². The van der Waals surface area contributed by atoms with Crippen LogP contribution in [0.3, 0.4) is 0 Å². The number of benzene rings is 2. The number of fused-ring (bicyclic) bond motifs is 1. The van der Waals surface area contributed by atoms with Crippen molar-refractivity contribution in [1.82, 2.24) is 0 Å².